The highest BCUT2D eigenvalue weighted by Crippen LogP contribution is 2.35. The maximum Gasteiger partial charge on any atom is 0.335 e. The Hall–Kier alpha value is -4.34. The van der Waals surface area contributed by atoms with Crippen LogP contribution in [0.5, 0.6) is 5.75 Å². The van der Waals surface area contributed by atoms with Crippen LogP contribution in [0.3, 0.4) is 0 Å². The van der Waals surface area contributed by atoms with Gasteiger partial charge in [0.25, 0.3) is 0 Å². The SMILES string of the molecule is Cc1ccc2cccc(OCc3c(Cl)ccc(N(C)C(=O)CNC(=O)Nc4ccc(C(=O)O)cc4)c3Cl)c2n1. The van der Waals surface area contributed by atoms with Crippen LogP contribution >= 0.6 is 23.2 Å². The number of anilines is 2. The number of urea groups is 1. The van der Waals surface area contributed by atoms with E-state index in [0.29, 0.717) is 27.7 Å². The number of benzene rings is 3. The highest BCUT2D eigenvalue weighted by Gasteiger charge is 2.19. The van der Waals surface area contributed by atoms with Gasteiger partial charge in [0, 0.05) is 34.4 Å². The molecule has 11 heteroatoms. The number of carbonyl (C=O) groups is 3. The van der Waals surface area contributed by atoms with Gasteiger partial charge in [-0.25, -0.2) is 14.6 Å². The Morgan fingerprint density at radius 3 is 2.46 bits per heavy atom. The molecule has 0 aliphatic carbocycles. The van der Waals surface area contributed by atoms with Gasteiger partial charge in [0.2, 0.25) is 5.91 Å². The molecule has 0 aliphatic rings. The van der Waals surface area contributed by atoms with Crippen LogP contribution in [-0.4, -0.2) is 41.6 Å². The predicted octanol–water partition coefficient (Wildman–Crippen LogP) is 5.91. The zero-order valence-corrected chi connectivity index (χ0v) is 22.5. The maximum atomic E-state index is 12.8. The number of carboxylic acids is 1. The Morgan fingerprint density at radius 1 is 1.00 bits per heavy atom. The van der Waals surface area contributed by atoms with Crippen LogP contribution in [-0.2, 0) is 11.4 Å². The molecule has 3 amide bonds. The molecule has 39 heavy (non-hydrogen) atoms. The first-order valence-corrected chi connectivity index (χ1v) is 12.5. The molecule has 4 rings (SSSR count). The average Bonchev–Trinajstić information content (AvgIpc) is 2.91. The normalized spacial score (nSPS) is 10.7. The number of aromatic nitrogens is 1. The van der Waals surface area contributed by atoms with Crippen molar-refractivity contribution >= 4 is 63.4 Å². The number of carboxylic acid groups (broad SMARTS) is 1. The lowest BCUT2D eigenvalue weighted by atomic mass is 10.1. The van der Waals surface area contributed by atoms with Crippen molar-refractivity contribution in [1.29, 1.82) is 0 Å². The highest BCUT2D eigenvalue weighted by molar-refractivity contribution is 6.38. The molecule has 0 atom stereocenters. The first-order chi connectivity index (χ1) is 18.6. The third-order valence-corrected chi connectivity index (χ3v) is 6.66. The Labute approximate surface area is 234 Å². The third kappa shape index (κ3) is 6.57. The number of nitrogens with one attached hydrogen (secondary N) is 2. The van der Waals surface area contributed by atoms with Gasteiger partial charge in [-0.1, -0.05) is 41.4 Å². The lowest BCUT2D eigenvalue weighted by Crippen LogP contribution is -2.40. The van der Waals surface area contributed by atoms with Crippen molar-refractivity contribution < 1.29 is 24.2 Å². The fourth-order valence-corrected chi connectivity index (χ4v) is 4.35. The number of halogens is 2. The van der Waals surface area contributed by atoms with Crippen molar-refractivity contribution in [2.75, 3.05) is 23.8 Å². The number of hydrogen-bond donors (Lipinski definition) is 3. The zero-order chi connectivity index (χ0) is 28.1. The number of amides is 3. The van der Waals surface area contributed by atoms with Crippen LogP contribution in [0.4, 0.5) is 16.2 Å². The van der Waals surface area contributed by atoms with E-state index in [1.807, 2.05) is 37.3 Å². The molecule has 3 aromatic carbocycles. The van der Waals surface area contributed by atoms with Crippen LogP contribution in [0.25, 0.3) is 10.9 Å². The quantitative estimate of drug-likeness (QED) is 0.243. The second-order valence-corrected chi connectivity index (χ2v) is 9.36. The first kappa shape index (κ1) is 27.7. The van der Waals surface area contributed by atoms with Crippen molar-refractivity contribution in [2.24, 2.45) is 0 Å². The fourth-order valence-electron chi connectivity index (χ4n) is 3.74. The highest BCUT2D eigenvalue weighted by atomic mass is 35.5. The Bertz CT molecular complexity index is 1560. The number of aromatic carboxylic acids is 1. The number of fused-ring (bicyclic) bond motifs is 1. The number of hydrogen-bond acceptors (Lipinski definition) is 5. The molecule has 3 N–H and O–H groups in total. The van der Waals surface area contributed by atoms with Crippen LogP contribution < -0.4 is 20.3 Å². The van der Waals surface area contributed by atoms with E-state index in [1.54, 1.807) is 12.1 Å². The van der Waals surface area contributed by atoms with Gasteiger partial charge >= 0.3 is 12.0 Å². The minimum atomic E-state index is -1.07. The van der Waals surface area contributed by atoms with Crippen molar-refractivity contribution in [2.45, 2.75) is 13.5 Å². The molecule has 1 aromatic heterocycles. The summed E-state index contributed by atoms with van der Waals surface area (Å²) in [6.45, 7) is 1.63. The molecule has 1 heterocycles. The first-order valence-electron chi connectivity index (χ1n) is 11.7. The maximum absolute atomic E-state index is 12.8. The van der Waals surface area contributed by atoms with Crippen molar-refractivity contribution in [3.63, 3.8) is 0 Å². The molecule has 0 bridgehead atoms. The summed E-state index contributed by atoms with van der Waals surface area (Å²) in [4.78, 5) is 41.9. The van der Waals surface area contributed by atoms with E-state index < -0.39 is 17.9 Å². The second kappa shape index (κ2) is 12.0. The summed E-state index contributed by atoms with van der Waals surface area (Å²) in [5, 5.41) is 15.5. The predicted molar refractivity (Wildman–Crippen MR) is 151 cm³/mol. The van der Waals surface area contributed by atoms with E-state index in [2.05, 4.69) is 15.6 Å². The molecule has 200 valence electrons. The van der Waals surface area contributed by atoms with Gasteiger partial charge in [-0.15, -0.1) is 0 Å². The summed E-state index contributed by atoms with van der Waals surface area (Å²) in [5.74, 6) is -0.932. The molecule has 0 unspecified atom stereocenters. The Kier molecular flexibility index (Phi) is 8.53. The minimum Gasteiger partial charge on any atom is -0.487 e. The number of pyridine rings is 1. The second-order valence-electron chi connectivity index (χ2n) is 8.57. The number of aryl methyl sites for hydroxylation is 1. The van der Waals surface area contributed by atoms with E-state index in [9.17, 15) is 14.4 Å². The van der Waals surface area contributed by atoms with Gasteiger partial charge in [-0.2, -0.15) is 0 Å². The van der Waals surface area contributed by atoms with Gasteiger partial charge in [-0.05, 0) is 55.5 Å². The van der Waals surface area contributed by atoms with Gasteiger partial charge in [0.1, 0.15) is 17.9 Å². The molecule has 4 aromatic rings. The van der Waals surface area contributed by atoms with Crippen molar-refractivity contribution in [1.82, 2.24) is 10.3 Å². The monoisotopic (exact) mass is 566 g/mol. The summed E-state index contributed by atoms with van der Waals surface area (Å²) in [6.07, 6.45) is 0. The summed E-state index contributed by atoms with van der Waals surface area (Å²) >= 11 is 13.1. The number of nitrogens with zero attached hydrogens (tertiary/aromatic N) is 2. The molecule has 0 spiro atoms. The summed E-state index contributed by atoms with van der Waals surface area (Å²) in [5.41, 5.74) is 2.93. The standard InChI is InChI=1S/C28H24Cl2N4O5/c1-16-6-7-17-4-3-5-23(26(17)32-16)39-15-20-21(29)12-13-22(25(20)30)34(2)24(35)14-31-28(38)33-19-10-8-18(9-11-19)27(36)37/h3-13H,14-15H2,1-2H3,(H,36,37)(H2,31,33,38). The molecule has 0 radical (unpaired) electrons. The summed E-state index contributed by atoms with van der Waals surface area (Å²) < 4.78 is 6.04. The van der Waals surface area contributed by atoms with E-state index in [0.717, 1.165) is 16.6 Å². The van der Waals surface area contributed by atoms with E-state index >= 15 is 0 Å². The molecule has 0 fully saturated rings. The van der Waals surface area contributed by atoms with Crippen LogP contribution in [0.1, 0.15) is 21.6 Å². The summed E-state index contributed by atoms with van der Waals surface area (Å²) in [6, 6.07) is 17.7. The van der Waals surface area contributed by atoms with Gasteiger partial charge < -0.3 is 25.4 Å². The molecule has 0 saturated heterocycles. The zero-order valence-electron chi connectivity index (χ0n) is 21.0. The lowest BCUT2D eigenvalue weighted by molar-refractivity contribution is -0.117. The number of para-hydroxylation sites is 1. The molecule has 0 aliphatic heterocycles. The fraction of sp³-hybridized carbons (Fsp3) is 0.143. The largest absolute Gasteiger partial charge is 0.487 e. The van der Waals surface area contributed by atoms with Gasteiger partial charge in [0.15, 0.2) is 0 Å². The number of carbonyl (C=O) groups excluding carboxylic acids is 2. The van der Waals surface area contributed by atoms with Crippen molar-refractivity contribution in [3.05, 3.63) is 93.6 Å². The third-order valence-electron chi connectivity index (χ3n) is 5.89. The summed E-state index contributed by atoms with van der Waals surface area (Å²) in [7, 11) is 1.53. The average molecular weight is 567 g/mol. The van der Waals surface area contributed by atoms with Crippen LogP contribution in [0.15, 0.2) is 66.7 Å². The smallest absolute Gasteiger partial charge is 0.335 e. The van der Waals surface area contributed by atoms with Gasteiger partial charge in [0.05, 0.1) is 22.8 Å². The van der Waals surface area contributed by atoms with E-state index in [1.165, 1.54) is 36.2 Å². The molecular formula is C28H24Cl2N4O5. The number of likely N-dealkylation sites (N-methyl/N-ethyl adjacent to an activating group) is 1. The van der Waals surface area contributed by atoms with Crippen LogP contribution in [0.2, 0.25) is 10.0 Å². The Balaban J connectivity index is 1.41. The van der Waals surface area contributed by atoms with Gasteiger partial charge in [-0.3, -0.25) is 4.79 Å². The topological polar surface area (TPSA) is 121 Å². The van der Waals surface area contributed by atoms with E-state index in [-0.39, 0.29) is 23.7 Å². The van der Waals surface area contributed by atoms with E-state index in [4.69, 9.17) is 33.0 Å². The molecule has 9 nitrogen and oxygen atoms in total. The number of ether oxygens (including phenoxy) is 1. The van der Waals surface area contributed by atoms with Crippen LogP contribution in [0, 0.1) is 6.92 Å². The van der Waals surface area contributed by atoms with Crippen molar-refractivity contribution in [3.8, 4) is 5.75 Å². The Morgan fingerprint density at radius 2 is 1.74 bits per heavy atom. The lowest BCUT2D eigenvalue weighted by Gasteiger charge is -2.21. The minimum absolute atomic E-state index is 0.0452. The molecule has 0 saturated carbocycles. The molecular weight excluding hydrogens is 543 g/mol. The number of rotatable bonds is 8.